The molecule has 0 fully saturated rings. The van der Waals surface area contributed by atoms with Gasteiger partial charge in [0.2, 0.25) is 0 Å². The highest BCUT2D eigenvalue weighted by atomic mass is 16.3. The zero-order valence-electron chi connectivity index (χ0n) is 34.1. The summed E-state index contributed by atoms with van der Waals surface area (Å²) >= 11 is 0. The summed E-state index contributed by atoms with van der Waals surface area (Å²) in [6, 6.07) is 77.3. The molecule has 0 unspecified atom stereocenters. The molecule has 0 aliphatic heterocycles. The van der Waals surface area contributed by atoms with Gasteiger partial charge in [0.25, 0.3) is 0 Å². The zero-order valence-corrected chi connectivity index (χ0v) is 34.1. The molecule has 2 heteroatoms. The maximum atomic E-state index is 6.69. The third-order valence-electron chi connectivity index (χ3n) is 13.0. The van der Waals surface area contributed by atoms with E-state index in [1.54, 1.807) is 0 Å². The fourth-order valence-electron chi connectivity index (χ4n) is 10.2. The van der Waals surface area contributed by atoms with Crippen LogP contribution in [0.5, 0.6) is 0 Å². The highest BCUT2D eigenvalue weighted by molar-refractivity contribution is 6.19. The van der Waals surface area contributed by atoms with Crippen LogP contribution in [-0.2, 0) is 5.41 Å². The van der Waals surface area contributed by atoms with Crippen LogP contribution in [0.4, 0.5) is 17.1 Å². The van der Waals surface area contributed by atoms with Crippen molar-refractivity contribution in [2.24, 2.45) is 0 Å². The lowest BCUT2D eigenvalue weighted by Crippen LogP contribution is -2.16. The van der Waals surface area contributed by atoms with Crippen molar-refractivity contribution in [2.75, 3.05) is 4.90 Å². The van der Waals surface area contributed by atoms with Gasteiger partial charge in [-0.3, -0.25) is 0 Å². The Morgan fingerprint density at radius 3 is 1.80 bits per heavy atom. The second-order valence-corrected chi connectivity index (χ2v) is 16.9. The van der Waals surface area contributed by atoms with Crippen LogP contribution in [-0.4, -0.2) is 0 Å². The maximum absolute atomic E-state index is 6.69. The quantitative estimate of drug-likeness (QED) is 0.167. The Kier molecular flexibility index (Phi) is 7.92. The first kappa shape index (κ1) is 35.3. The van der Waals surface area contributed by atoms with Crippen molar-refractivity contribution in [3.8, 4) is 44.5 Å². The molecule has 1 heterocycles. The topological polar surface area (TPSA) is 16.4 Å². The first-order valence-corrected chi connectivity index (χ1v) is 21.2. The molecule has 2 nitrogen and oxygen atoms in total. The minimum atomic E-state index is -0.108. The van der Waals surface area contributed by atoms with E-state index in [1.165, 1.54) is 60.7 Å². The van der Waals surface area contributed by atoms with E-state index in [9.17, 15) is 0 Å². The Hall–Kier alpha value is -7.68. The average molecular weight is 780 g/mol. The van der Waals surface area contributed by atoms with Gasteiger partial charge in [-0.15, -0.1) is 0 Å². The third kappa shape index (κ3) is 5.56. The van der Waals surface area contributed by atoms with Gasteiger partial charge in [0.15, 0.2) is 0 Å². The summed E-state index contributed by atoms with van der Waals surface area (Å²) in [6.45, 7) is 4.73. The minimum Gasteiger partial charge on any atom is -0.455 e. The number of anilines is 3. The summed E-state index contributed by atoms with van der Waals surface area (Å²) in [5, 5.41) is 7.03. The van der Waals surface area contributed by atoms with Gasteiger partial charge in [-0.25, -0.2) is 0 Å². The predicted octanol–water partition coefficient (Wildman–Crippen LogP) is 16.7. The third-order valence-corrected chi connectivity index (χ3v) is 13.0. The van der Waals surface area contributed by atoms with Crippen molar-refractivity contribution in [1.82, 2.24) is 0 Å². The molecular weight excluding hydrogens is 739 g/mol. The standard InChI is InChI=1S/C59H41NO/c1-59(2)53-22-9-7-17-48(53)51-21-11-19-46(57(51)59)41-29-34-45(35-30-41)60(44-32-27-39(28-33-44)43-26-25-38-13-3-4-15-42(38)37-43)54-23-10-8-18-49(54)50-20-12-24-55-56(50)52-36-31-40-14-5-6-16-47(40)58(52)61-55/h3-37H,1-2H3. The monoisotopic (exact) mass is 779 g/mol. The summed E-state index contributed by atoms with van der Waals surface area (Å²) in [5.41, 5.74) is 17.5. The minimum absolute atomic E-state index is 0.108. The van der Waals surface area contributed by atoms with E-state index in [2.05, 4.69) is 231 Å². The van der Waals surface area contributed by atoms with Crippen molar-refractivity contribution in [1.29, 1.82) is 0 Å². The summed E-state index contributed by atoms with van der Waals surface area (Å²) in [5.74, 6) is 0. The molecule has 0 saturated carbocycles. The molecule has 0 N–H and O–H groups in total. The van der Waals surface area contributed by atoms with Crippen LogP contribution < -0.4 is 4.90 Å². The lowest BCUT2D eigenvalue weighted by atomic mass is 9.79. The molecular formula is C59H41NO. The van der Waals surface area contributed by atoms with Crippen molar-refractivity contribution in [3.63, 3.8) is 0 Å². The van der Waals surface area contributed by atoms with Crippen LogP contribution in [0, 0.1) is 0 Å². The largest absolute Gasteiger partial charge is 0.455 e. The summed E-state index contributed by atoms with van der Waals surface area (Å²) < 4.78 is 6.69. The number of para-hydroxylation sites is 1. The van der Waals surface area contributed by atoms with Crippen molar-refractivity contribution >= 4 is 60.5 Å². The second kappa shape index (κ2) is 13.7. The van der Waals surface area contributed by atoms with E-state index < -0.39 is 0 Å². The summed E-state index contributed by atoms with van der Waals surface area (Å²) in [7, 11) is 0. The van der Waals surface area contributed by atoms with Crippen LogP contribution in [0.2, 0.25) is 0 Å². The van der Waals surface area contributed by atoms with Crippen molar-refractivity contribution in [2.45, 2.75) is 19.3 Å². The molecule has 0 amide bonds. The number of nitrogens with zero attached hydrogens (tertiary/aromatic N) is 1. The lowest BCUT2D eigenvalue weighted by molar-refractivity contribution is 0.662. The van der Waals surface area contributed by atoms with Crippen LogP contribution in [0.1, 0.15) is 25.0 Å². The molecule has 0 atom stereocenters. The number of hydrogen-bond donors (Lipinski definition) is 0. The van der Waals surface area contributed by atoms with Crippen LogP contribution >= 0.6 is 0 Å². The first-order chi connectivity index (χ1) is 30.0. The summed E-state index contributed by atoms with van der Waals surface area (Å²) in [6.07, 6.45) is 0. The average Bonchev–Trinajstić information content (AvgIpc) is 3.82. The van der Waals surface area contributed by atoms with E-state index in [0.29, 0.717) is 0 Å². The molecule has 0 bridgehead atoms. The summed E-state index contributed by atoms with van der Waals surface area (Å²) in [4.78, 5) is 2.41. The molecule has 61 heavy (non-hydrogen) atoms. The van der Waals surface area contributed by atoms with Crippen LogP contribution in [0.15, 0.2) is 217 Å². The number of furan rings is 1. The molecule has 0 radical (unpaired) electrons. The van der Waals surface area contributed by atoms with Gasteiger partial charge in [0.1, 0.15) is 11.2 Å². The maximum Gasteiger partial charge on any atom is 0.143 e. The number of rotatable bonds is 6. The molecule has 1 aromatic heterocycles. The number of fused-ring (bicyclic) bond motifs is 9. The Morgan fingerprint density at radius 1 is 0.393 bits per heavy atom. The van der Waals surface area contributed by atoms with Gasteiger partial charge in [0, 0.05) is 38.5 Å². The zero-order chi connectivity index (χ0) is 40.7. The molecule has 11 aromatic rings. The molecule has 1 aliphatic carbocycles. The Bertz CT molecular complexity index is 3500. The predicted molar refractivity (Wildman–Crippen MR) is 257 cm³/mol. The van der Waals surface area contributed by atoms with Gasteiger partial charge in [0.05, 0.1) is 5.69 Å². The molecule has 0 saturated heterocycles. The van der Waals surface area contributed by atoms with E-state index in [4.69, 9.17) is 4.42 Å². The molecule has 12 rings (SSSR count). The Labute approximate surface area is 355 Å². The normalized spacial score (nSPS) is 12.9. The van der Waals surface area contributed by atoms with E-state index >= 15 is 0 Å². The van der Waals surface area contributed by atoms with Gasteiger partial charge in [-0.2, -0.15) is 0 Å². The van der Waals surface area contributed by atoms with Crippen LogP contribution in [0.25, 0.3) is 88.0 Å². The SMILES string of the molecule is CC1(C)c2ccccc2-c2cccc(-c3ccc(N(c4ccc(-c5ccc6ccccc6c5)cc4)c4ccccc4-c4cccc5oc6c7ccccc7ccc6c45)cc3)c21. The smallest absolute Gasteiger partial charge is 0.143 e. The van der Waals surface area contributed by atoms with Gasteiger partial charge in [-0.1, -0.05) is 178 Å². The highest BCUT2D eigenvalue weighted by Crippen LogP contribution is 2.52. The van der Waals surface area contributed by atoms with Gasteiger partial charge >= 0.3 is 0 Å². The molecule has 1 aliphatic rings. The molecule has 288 valence electrons. The van der Waals surface area contributed by atoms with Gasteiger partial charge < -0.3 is 9.32 Å². The molecule has 0 spiro atoms. The van der Waals surface area contributed by atoms with Gasteiger partial charge in [-0.05, 0) is 115 Å². The Morgan fingerprint density at radius 2 is 0.984 bits per heavy atom. The number of benzene rings is 10. The van der Waals surface area contributed by atoms with E-state index in [-0.39, 0.29) is 5.41 Å². The van der Waals surface area contributed by atoms with Crippen molar-refractivity contribution in [3.05, 3.63) is 223 Å². The number of hydrogen-bond acceptors (Lipinski definition) is 2. The fourth-order valence-corrected chi connectivity index (χ4v) is 10.2. The first-order valence-electron chi connectivity index (χ1n) is 21.2. The van der Waals surface area contributed by atoms with Crippen LogP contribution in [0.3, 0.4) is 0 Å². The van der Waals surface area contributed by atoms with E-state index in [1.807, 2.05) is 0 Å². The fraction of sp³-hybridized carbons (Fsp3) is 0.0508. The van der Waals surface area contributed by atoms with E-state index in [0.717, 1.165) is 55.5 Å². The lowest BCUT2D eigenvalue weighted by Gasteiger charge is -2.29. The molecule has 10 aromatic carbocycles. The Balaban J connectivity index is 1.02. The second-order valence-electron chi connectivity index (χ2n) is 16.9. The highest BCUT2D eigenvalue weighted by Gasteiger charge is 2.37. The van der Waals surface area contributed by atoms with Crippen molar-refractivity contribution < 1.29 is 4.42 Å².